The van der Waals surface area contributed by atoms with E-state index in [1.54, 1.807) is 18.3 Å². The van der Waals surface area contributed by atoms with E-state index in [-0.39, 0.29) is 6.42 Å². The summed E-state index contributed by atoms with van der Waals surface area (Å²) < 4.78 is 0. The van der Waals surface area contributed by atoms with Crippen LogP contribution in [0.3, 0.4) is 0 Å². The number of hydrogen-bond acceptors (Lipinski definition) is 3. The van der Waals surface area contributed by atoms with Gasteiger partial charge in [0.25, 0.3) is 0 Å². The zero-order valence-electron chi connectivity index (χ0n) is 7.23. The number of carboxylic acid groups (broad SMARTS) is 1. The van der Waals surface area contributed by atoms with Crippen LogP contribution in [0, 0.1) is 5.92 Å². The van der Waals surface area contributed by atoms with Crippen molar-refractivity contribution >= 4 is 17.6 Å². The zero-order chi connectivity index (χ0) is 10.1. The Labute approximate surface area is 79.8 Å². The number of amides is 1. The van der Waals surface area contributed by atoms with Gasteiger partial charge < -0.3 is 10.4 Å². The lowest BCUT2D eigenvalue weighted by Crippen LogP contribution is -2.35. The average molecular weight is 192 g/mol. The van der Waals surface area contributed by atoms with Crippen molar-refractivity contribution in [1.82, 2.24) is 4.98 Å². The molecule has 1 unspecified atom stereocenters. The first kappa shape index (κ1) is 8.68. The molecule has 1 aliphatic rings. The fourth-order valence-corrected chi connectivity index (χ4v) is 1.42. The summed E-state index contributed by atoms with van der Waals surface area (Å²) in [5.41, 5.74) is 1.23. The Morgan fingerprint density at radius 2 is 2.43 bits per heavy atom. The Morgan fingerprint density at radius 1 is 1.64 bits per heavy atom. The van der Waals surface area contributed by atoms with Crippen LogP contribution >= 0.6 is 0 Å². The van der Waals surface area contributed by atoms with Crippen molar-refractivity contribution < 1.29 is 14.7 Å². The number of hydrogen-bond donors (Lipinski definition) is 2. The molecule has 2 heterocycles. The second-order valence-electron chi connectivity index (χ2n) is 3.08. The van der Waals surface area contributed by atoms with Crippen molar-refractivity contribution in [3.05, 3.63) is 24.0 Å². The number of aromatic nitrogens is 1. The van der Waals surface area contributed by atoms with Crippen LogP contribution in [-0.2, 0) is 16.0 Å². The van der Waals surface area contributed by atoms with Gasteiger partial charge in [0.05, 0.1) is 11.4 Å². The number of rotatable bonds is 1. The lowest BCUT2D eigenvalue weighted by Gasteiger charge is -2.20. The molecular weight excluding hydrogens is 184 g/mol. The predicted molar refractivity (Wildman–Crippen MR) is 47.7 cm³/mol. The largest absolute Gasteiger partial charge is 0.481 e. The molecule has 0 aliphatic carbocycles. The van der Waals surface area contributed by atoms with Gasteiger partial charge in [-0.15, -0.1) is 0 Å². The van der Waals surface area contributed by atoms with Gasteiger partial charge in [-0.25, -0.2) is 0 Å². The number of anilines is 1. The van der Waals surface area contributed by atoms with Gasteiger partial charge in [-0.3, -0.25) is 14.6 Å². The fraction of sp³-hybridized carbons (Fsp3) is 0.222. The smallest absolute Gasteiger partial charge is 0.316 e. The first-order valence-electron chi connectivity index (χ1n) is 4.16. The van der Waals surface area contributed by atoms with Crippen molar-refractivity contribution in [2.75, 3.05) is 5.32 Å². The van der Waals surface area contributed by atoms with Gasteiger partial charge in [0.1, 0.15) is 5.92 Å². The predicted octanol–water partition coefficient (Wildman–Crippen LogP) is 0.277. The van der Waals surface area contributed by atoms with E-state index in [9.17, 15) is 9.59 Å². The number of carbonyl (C=O) groups excluding carboxylic acids is 1. The Morgan fingerprint density at radius 3 is 3.14 bits per heavy atom. The molecule has 2 N–H and O–H groups in total. The first-order valence-corrected chi connectivity index (χ1v) is 4.16. The third kappa shape index (κ3) is 1.32. The summed E-state index contributed by atoms with van der Waals surface area (Å²) in [7, 11) is 0. The molecule has 0 bridgehead atoms. The third-order valence-corrected chi connectivity index (χ3v) is 2.16. The highest BCUT2D eigenvalue weighted by Gasteiger charge is 2.32. The summed E-state index contributed by atoms with van der Waals surface area (Å²) >= 11 is 0. The molecule has 0 saturated carbocycles. The van der Waals surface area contributed by atoms with Gasteiger partial charge in [-0.05, 0) is 12.1 Å². The summed E-state index contributed by atoms with van der Waals surface area (Å²) in [6, 6.07) is 3.40. The zero-order valence-corrected chi connectivity index (χ0v) is 7.23. The molecule has 5 heteroatoms. The van der Waals surface area contributed by atoms with Crippen molar-refractivity contribution in [2.45, 2.75) is 6.42 Å². The van der Waals surface area contributed by atoms with E-state index < -0.39 is 17.8 Å². The third-order valence-electron chi connectivity index (χ3n) is 2.16. The Hall–Kier alpha value is -1.91. The molecule has 0 spiro atoms. The van der Waals surface area contributed by atoms with Gasteiger partial charge in [-0.1, -0.05) is 0 Å². The van der Waals surface area contributed by atoms with Crippen molar-refractivity contribution in [3.63, 3.8) is 0 Å². The number of carboxylic acids is 1. The minimum Gasteiger partial charge on any atom is -0.481 e. The van der Waals surface area contributed by atoms with Gasteiger partial charge in [0.2, 0.25) is 5.91 Å². The number of fused-ring (bicyclic) bond motifs is 1. The second-order valence-corrected chi connectivity index (χ2v) is 3.08. The molecule has 0 radical (unpaired) electrons. The highest BCUT2D eigenvalue weighted by atomic mass is 16.4. The highest BCUT2D eigenvalue weighted by molar-refractivity contribution is 6.06. The summed E-state index contributed by atoms with van der Waals surface area (Å²) in [6.07, 6.45) is 1.74. The summed E-state index contributed by atoms with van der Waals surface area (Å²) in [5, 5.41) is 11.3. The summed E-state index contributed by atoms with van der Waals surface area (Å²) in [5.74, 6) is -2.60. The van der Waals surface area contributed by atoms with Crippen molar-refractivity contribution in [2.24, 2.45) is 5.92 Å². The fourth-order valence-electron chi connectivity index (χ4n) is 1.42. The van der Waals surface area contributed by atoms with Crippen molar-refractivity contribution in [1.29, 1.82) is 0 Å². The molecule has 2 rings (SSSR count). The van der Waals surface area contributed by atoms with Crippen molar-refractivity contribution in [3.8, 4) is 0 Å². The molecule has 5 nitrogen and oxygen atoms in total. The van der Waals surface area contributed by atoms with Crippen LogP contribution in [0.25, 0.3) is 0 Å². The van der Waals surface area contributed by atoms with Crippen LogP contribution in [-0.4, -0.2) is 22.0 Å². The van der Waals surface area contributed by atoms with Crippen LogP contribution in [0.15, 0.2) is 18.3 Å². The van der Waals surface area contributed by atoms with E-state index in [4.69, 9.17) is 5.11 Å². The first-order chi connectivity index (χ1) is 6.68. The molecule has 1 amide bonds. The normalized spacial score (nSPS) is 19.7. The molecule has 0 aromatic carbocycles. The van der Waals surface area contributed by atoms with Crippen LogP contribution in [0.5, 0.6) is 0 Å². The maximum absolute atomic E-state index is 11.3. The van der Waals surface area contributed by atoms with Gasteiger partial charge in [0, 0.05) is 12.6 Å². The van der Waals surface area contributed by atoms with E-state index in [0.29, 0.717) is 11.4 Å². The van der Waals surface area contributed by atoms with E-state index in [0.717, 1.165) is 0 Å². The van der Waals surface area contributed by atoms with Gasteiger partial charge in [0.15, 0.2) is 0 Å². The Balaban J connectivity index is 2.36. The number of pyridine rings is 1. The highest BCUT2D eigenvalue weighted by Crippen LogP contribution is 2.22. The molecule has 72 valence electrons. The van der Waals surface area contributed by atoms with Crippen LogP contribution in [0.1, 0.15) is 5.69 Å². The van der Waals surface area contributed by atoms with E-state index >= 15 is 0 Å². The molecule has 1 aromatic heterocycles. The number of nitrogens with zero attached hydrogens (tertiary/aromatic N) is 1. The Kier molecular flexibility index (Phi) is 1.92. The number of carbonyl (C=O) groups is 2. The Bertz CT molecular complexity index is 403. The van der Waals surface area contributed by atoms with Crippen LogP contribution in [0.2, 0.25) is 0 Å². The molecule has 1 atom stereocenters. The molecule has 1 aliphatic heterocycles. The molecule has 0 fully saturated rings. The number of aliphatic carboxylic acids is 1. The molecule has 0 saturated heterocycles. The SMILES string of the molecule is O=C(O)C1Cc2ncccc2NC1=O. The minimum atomic E-state index is -1.11. The monoisotopic (exact) mass is 192 g/mol. The van der Waals surface area contributed by atoms with E-state index in [1.807, 2.05) is 0 Å². The maximum atomic E-state index is 11.3. The summed E-state index contributed by atoms with van der Waals surface area (Å²) in [4.78, 5) is 26.0. The maximum Gasteiger partial charge on any atom is 0.316 e. The van der Waals surface area contributed by atoms with Gasteiger partial charge >= 0.3 is 5.97 Å². The summed E-state index contributed by atoms with van der Waals surface area (Å²) in [6.45, 7) is 0. The second kappa shape index (κ2) is 3.10. The molecular formula is C9H8N2O3. The standard InChI is InChI=1S/C9H8N2O3/c12-8-5(9(13)14)4-7-6(11-8)2-1-3-10-7/h1-3,5H,4H2,(H,11,12)(H,13,14). The van der Waals surface area contributed by atoms with E-state index in [1.165, 1.54) is 0 Å². The lowest BCUT2D eigenvalue weighted by atomic mass is 9.97. The topological polar surface area (TPSA) is 79.3 Å². The van der Waals surface area contributed by atoms with E-state index in [2.05, 4.69) is 10.3 Å². The lowest BCUT2D eigenvalue weighted by molar-refractivity contribution is -0.145. The quantitative estimate of drug-likeness (QED) is 0.626. The van der Waals surface area contributed by atoms with Crippen LogP contribution in [0.4, 0.5) is 5.69 Å². The average Bonchev–Trinajstić information content (AvgIpc) is 2.16. The number of nitrogens with one attached hydrogen (secondary N) is 1. The molecule has 1 aromatic rings. The minimum absolute atomic E-state index is 0.164. The van der Waals surface area contributed by atoms with Gasteiger partial charge in [-0.2, -0.15) is 0 Å². The molecule has 14 heavy (non-hydrogen) atoms. The van der Waals surface area contributed by atoms with Crippen LogP contribution < -0.4 is 5.32 Å².